The lowest BCUT2D eigenvalue weighted by Gasteiger charge is -2.13. The van der Waals surface area contributed by atoms with Gasteiger partial charge in [-0.1, -0.05) is 41.6 Å². The third-order valence-electron chi connectivity index (χ3n) is 4.48. The summed E-state index contributed by atoms with van der Waals surface area (Å²) in [7, 11) is 0. The highest BCUT2D eigenvalue weighted by Crippen LogP contribution is 2.29. The lowest BCUT2D eigenvalue weighted by atomic mass is 10.2. The Hall–Kier alpha value is -2.87. The van der Waals surface area contributed by atoms with Crippen LogP contribution in [0.2, 0.25) is 0 Å². The molecule has 1 aliphatic heterocycles. The van der Waals surface area contributed by atoms with Gasteiger partial charge in [0.25, 0.3) is 0 Å². The highest BCUT2D eigenvalue weighted by atomic mass is 32.2. The topological polar surface area (TPSA) is 60.2 Å². The Balaban J connectivity index is 1.65. The van der Waals surface area contributed by atoms with E-state index in [1.807, 2.05) is 35.8 Å². The molecule has 0 atom stereocenters. The summed E-state index contributed by atoms with van der Waals surface area (Å²) < 4.78 is 21.2. The Kier molecular flexibility index (Phi) is 5.29. The molecule has 1 aromatic heterocycles. The molecule has 0 spiro atoms. The van der Waals surface area contributed by atoms with E-state index >= 15 is 0 Å². The van der Waals surface area contributed by atoms with E-state index in [9.17, 15) is 9.18 Å². The number of benzene rings is 2. The van der Waals surface area contributed by atoms with Gasteiger partial charge in [0, 0.05) is 18.0 Å². The minimum atomic E-state index is -0.348. The largest absolute Gasteiger partial charge is 0.448 e. The zero-order valence-corrected chi connectivity index (χ0v) is 16.2. The first kappa shape index (κ1) is 18.5. The van der Waals surface area contributed by atoms with E-state index in [0.717, 1.165) is 11.3 Å². The second-order valence-corrected chi connectivity index (χ2v) is 7.47. The maximum Gasteiger partial charge on any atom is 0.409 e. The smallest absolute Gasteiger partial charge is 0.409 e. The highest BCUT2D eigenvalue weighted by molar-refractivity contribution is 7.99. The number of carbonyl (C=O) groups is 1. The van der Waals surface area contributed by atoms with Gasteiger partial charge in [-0.15, -0.1) is 10.2 Å². The van der Waals surface area contributed by atoms with Crippen LogP contribution in [0.1, 0.15) is 5.56 Å². The molecule has 0 aliphatic carbocycles. The molecule has 0 N–H and O–H groups in total. The van der Waals surface area contributed by atoms with Gasteiger partial charge < -0.3 is 9.64 Å². The van der Waals surface area contributed by atoms with Crippen LogP contribution in [0.3, 0.4) is 0 Å². The van der Waals surface area contributed by atoms with Crippen molar-refractivity contribution in [3.05, 3.63) is 59.9 Å². The van der Waals surface area contributed by atoms with Crippen molar-refractivity contribution in [2.45, 2.75) is 12.1 Å². The quantitative estimate of drug-likeness (QED) is 0.589. The molecule has 0 radical (unpaired) electrons. The Morgan fingerprint density at radius 1 is 1.14 bits per heavy atom. The summed E-state index contributed by atoms with van der Waals surface area (Å²) in [6.07, 6.45) is -0.285. The molecule has 28 heavy (non-hydrogen) atoms. The lowest BCUT2D eigenvalue weighted by Crippen LogP contribution is -2.26. The zero-order chi connectivity index (χ0) is 19.5. The first-order valence-electron chi connectivity index (χ1n) is 8.95. The van der Waals surface area contributed by atoms with Crippen LogP contribution in [0.5, 0.6) is 0 Å². The third kappa shape index (κ3) is 3.73. The number of cyclic esters (lactones) is 1. The number of halogens is 1. The van der Waals surface area contributed by atoms with Crippen LogP contribution >= 0.6 is 11.8 Å². The van der Waals surface area contributed by atoms with E-state index < -0.39 is 0 Å². The van der Waals surface area contributed by atoms with E-state index in [4.69, 9.17) is 4.74 Å². The number of rotatable bonds is 6. The predicted molar refractivity (Wildman–Crippen MR) is 105 cm³/mol. The summed E-state index contributed by atoms with van der Waals surface area (Å²) in [6, 6.07) is 14.4. The summed E-state index contributed by atoms with van der Waals surface area (Å²) in [4.78, 5) is 13.2. The first-order chi connectivity index (χ1) is 13.6. The molecule has 1 amide bonds. The molecule has 8 heteroatoms. The third-order valence-corrected chi connectivity index (χ3v) is 5.39. The number of ether oxygens (including phenoxy) is 1. The zero-order valence-electron chi connectivity index (χ0n) is 15.3. The SMILES string of the molecule is Cc1ccc(-n2c(SCCN3CCOC3=O)nnc2-c2ccccc2F)cc1. The Morgan fingerprint density at radius 3 is 2.64 bits per heavy atom. The Bertz CT molecular complexity index is 990. The number of nitrogens with zero attached hydrogens (tertiary/aromatic N) is 4. The fourth-order valence-corrected chi connectivity index (χ4v) is 3.90. The molecule has 4 rings (SSSR count). The fourth-order valence-electron chi connectivity index (χ4n) is 2.98. The average Bonchev–Trinajstić information content (AvgIpc) is 3.29. The maximum absolute atomic E-state index is 14.4. The van der Waals surface area contributed by atoms with E-state index in [2.05, 4.69) is 10.2 Å². The number of thioether (sulfide) groups is 1. The van der Waals surface area contributed by atoms with Crippen molar-refractivity contribution in [1.82, 2.24) is 19.7 Å². The molecule has 144 valence electrons. The molecule has 1 saturated heterocycles. The van der Waals surface area contributed by atoms with Crippen molar-refractivity contribution in [2.24, 2.45) is 0 Å². The summed E-state index contributed by atoms with van der Waals surface area (Å²) in [5, 5.41) is 9.20. The number of aromatic nitrogens is 3. The fraction of sp³-hybridized carbons (Fsp3) is 0.250. The standard InChI is InChI=1S/C20H19FN4O2S/c1-14-6-8-15(9-7-14)25-18(16-4-2-3-5-17(16)21)22-23-19(25)28-13-11-24-10-12-27-20(24)26/h2-9H,10-13H2,1H3. The van der Waals surface area contributed by atoms with Crippen LogP contribution in [0, 0.1) is 12.7 Å². The second kappa shape index (κ2) is 8.02. The summed E-state index contributed by atoms with van der Waals surface area (Å²) in [5.74, 6) is 0.737. The predicted octanol–water partition coefficient (Wildman–Crippen LogP) is 3.93. The van der Waals surface area contributed by atoms with Gasteiger partial charge in [0.15, 0.2) is 11.0 Å². The molecule has 0 saturated carbocycles. The summed E-state index contributed by atoms with van der Waals surface area (Å²) in [5.41, 5.74) is 2.38. The summed E-state index contributed by atoms with van der Waals surface area (Å²) in [6.45, 7) is 3.60. The number of aryl methyl sites for hydroxylation is 1. The van der Waals surface area contributed by atoms with Crippen molar-refractivity contribution in [3.63, 3.8) is 0 Å². The van der Waals surface area contributed by atoms with Crippen molar-refractivity contribution < 1.29 is 13.9 Å². The monoisotopic (exact) mass is 398 g/mol. The molecule has 1 fully saturated rings. The van der Waals surface area contributed by atoms with Crippen molar-refractivity contribution >= 4 is 17.9 Å². The first-order valence-corrected chi connectivity index (χ1v) is 9.94. The normalized spacial score (nSPS) is 13.8. The summed E-state index contributed by atoms with van der Waals surface area (Å²) >= 11 is 1.47. The molecule has 1 aliphatic rings. The molecule has 6 nitrogen and oxygen atoms in total. The van der Waals surface area contributed by atoms with Crippen molar-refractivity contribution in [2.75, 3.05) is 25.4 Å². The Labute approximate surface area is 166 Å². The van der Waals surface area contributed by atoms with Crippen LogP contribution in [0.4, 0.5) is 9.18 Å². The molecule has 2 aromatic carbocycles. The van der Waals surface area contributed by atoms with E-state index in [1.165, 1.54) is 17.8 Å². The molecule has 0 bridgehead atoms. The van der Waals surface area contributed by atoms with Gasteiger partial charge in [-0.3, -0.25) is 4.57 Å². The molecule has 0 unspecified atom stereocenters. The van der Waals surface area contributed by atoms with E-state index in [0.29, 0.717) is 42.0 Å². The number of amides is 1. The second-order valence-electron chi connectivity index (χ2n) is 6.41. The van der Waals surface area contributed by atoms with Crippen LogP contribution in [-0.2, 0) is 4.74 Å². The van der Waals surface area contributed by atoms with Crippen molar-refractivity contribution in [3.8, 4) is 17.1 Å². The minimum Gasteiger partial charge on any atom is -0.448 e. The Morgan fingerprint density at radius 2 is 1.93 bits per heavy atom. The van der Waals surface area contributed by atoms with Crippen LogP contribution in [0.25, 0.3) is 17.1 Å². The van der Waals surface area contributed by atoms with Gasteiger partial charge in [0.1, 0.15) is 12.4 Å². The van der Waals surface area contributed by atoms with Crippen LogP contribution in [-0.4, -0.2) is 51.2 Å². The van der Waals surface area contributed by atoms with Crippen molar-refractivity contribution in [1.29, 1.82) is 0 Å². The van der Waals surface area contributed by atoms with Gasteiger partial charge in [-0.2, -0.15) is 0 Å². The van der Waals surface area contributed by atoms with Gasteiger partial charge in [-0.05, 0) is 31.2 Å². The van der Waals surface area contributed by atoms with Gasteiger partial charge >= 0.3 is 6.09 Å². The maximum atomic E-state index is 14.4. The molecule has 2 heterocycles. The van der Waals surface area contributed by atoms with Crippen LogP contribution < -0.4 is 0 Å². The number of carbonyl (C=O) groups excluding carboxylic acids is 1. The lowest BCUT2D eigenvalue weighted by molar-refractivity contribution is 0.160. The van der Waals surface area contributed by atoms with Gasteiger partial charge in [0.2, 0.25) is 0 Å². The highest BCUT2D eigenvalue weighted by Gasteiger charge is 2.22. The molecular formula is C20H19FN4O2S. The van der Waals surface area contributed by atoms with Gasteiger partial charge in [-0.25, -0.2) is 9.18 Å². The van der Waals surface area contributed by atoms with E-state index in [1.54, 1.807) is 23.1 Å². The van der Waals surface area contributed by atoms with Crippen LogP contribution in [0.15, 0.2) is 53.7 Å². The van der Waals surface area contributed by atoms with E-state index in [-0.39, 0.29) is 11.9 Å². The number of hydrogen-bond donors (Lipinski definition) is 0. The molecular weight excluding hydrogens is 379 g/mol. The van der Waals surface area contributed by atoms with Gasteiger partial charge in [0.05, 0.1) is 12.1 Å². The average molecular weight is 398 g/mol. The minimum absolute atomic E-state index is 0.285. The number of hydrogen-bond acceptors (Lipinski definition) is 5. The molecule has 3 aromatic rings.